The van der Waals surface area contributed by atoms with Crippen LogP contribution >= 0.6 is 0 Å². The zero-order valence-corrected chi connectivity index (χ0v) is 35.0. The van der Waals surface area contributed by atoms with E-state index in [2.05, 4.69) is 0 Å². The molecule has 8 aliphatic rings. The molecule has 0 bridgehead atoms. The molecule has 14 nitrogen and oxygen atoms in total. The number of Topliss-reactive ketones (excluding diaryl/α,β-unsaturated/α-hetero) is 2. The minimum atomic E-state index is -1.88. The molecule has 330 valence electrons. The minimum absolute atomic E-state index is 0.0336. The first-order valence-corrected chi connectivity index (χ1v) is 22.0. The number of rotatable bonds is 9. The third-order valence-corrected chi connectivity index (χ3v) is 19.6. The lowest BCUT2D eigenvalue weighted by Crippen LogP contribution is -2.65. The number of ketones is 4. The molecular formula is C46H62O14. The van der Waals surface area contributed by atoms with Crippen molar-refractivity contribution in [3.63, 3.8) is 0 Å². The molecular weight excluding hydrogens is 776 g/mol. The van der Waals surface area contributed by atoms with E-state index in [0.29, 0.717) is 49.7 Å². The minimum Gasteiger partial charge on any atom is -0.481 e. The number of carboxylic acids is 2. The van der Waals surface area contributed by atoms with Crippen LogP contribution in [-0.4, -0.2) is 113 Å². The van der Waals surface area contributed by atoms with Gasteiger partial charge in [0, 0.05) is 23.7 Å². The van der Waals surface area contributed by atoms with Crippen molar-refractivity contribution in [2.45, 2.75) is 128 Å². The molecule has 0 aromatic carbocycles. The van der Waals surface area contributed by atoms with Gasteiger partial charge >= 0.3 is 11.9 Å². The highest BCUT2D eigenvalue weighted by Crippen LogP contribution is 2.72. The Labute approximate surface area is 349 Å². The molecule has 18 atom stereocenters. The molecule has 4 unspecified atom stereocenters. The Bertz CT molecular complexity index is 1830. The molecule has 0 amide bonds. The summed E-state index contributed by atoms with van der Waals surface area (Å²) in [5.74, 6) is -13.4. The van der Waals surface area contributed by atoms with Crippen molar-refractivity contribution < 1.29 is 69.6 Å². The van der Waals surface area contributed by atoms with Crippen LogP contribution in [0.2, 0.25) is 0 Å². The standard InChI is InChI=1S/C46H62O14/c1-41-17-31(51)37-25(27(41)9-11-45(41,59)33(53)19-47)7-5-21-13-23(49)15-29(43(21,37)3)35(39(55)56)36(40(57)58)30-16-24(50)14-22-6-8-26-28-10-12-46(60,34(54)20-48)42(28,2)18-32(52)38(26)44(22,30)4/h13-14,25-32,35-38,47-48,51-52,59-60H,5-12,15-20H2,1-4H3,(H,55,56)(H,57,58)/t25-,26-,27-,28-,29?,30?,31-,32-,35?,36?,37+,38+,41-,42-,43+,44+,45-,46-/m0/s1. The van der Waals surface area contributed by atoms with Crippen molar-refractivity contribution in [3.8, 4) is 0 Å². The first kappa shape index (κ1) is 43.5. The smallest absolute Gasteiger partial charge is 0.307 e. The summed E-state index contributed by atoms with van der Waals surface area (Å²) in [5.41, 5.74) is -7.15. The van der Waals surface area contributed by atoms with Crippen LogP contribution in [-0.2, 0) is 28.8 Å². The summed E-state index contributed by atoms with van der Waals surface area (Å²) in [4.78, 5) is 81.7. The predicted molar refractivity (Wildman–Crippen MR) is 210 cm³/mol. The number of hydrogen-bond donors (Lipinski definition) is 8. The van der Waals surface area contributed by atoms with E-state index in [4.69, 9.17) is 0 Å². The molecule has 0 saturated heterocycles. The number of aliphatic hydroxyl groups excluding tert-OH is 4. The Morgan fingerprint density at radius 2 is 0.983 bits per heavy atom. The first-order chi connectivity index (χ1) is 28.0. The fraction of sp³-hybridized carbons (Fsp3) is 0.783. The molecule has 14 heteroatoms. The van der Waals surface area contributed by atoms with Crippen molar-refractivity contribution >= 4 is 35.1 Å². The monoisotopic (exact) mass is 838 g/mol. The number of allylic oxidation sites excluding steroid dienone is 2. The van der Waals surface area contributed by atoms with Crippen LogP contribution in [0.15, 0.2) is 23.3 Å². The van der Waals surface area contributed by atoms with Gasteiger partial charge in [0.25, 0.3) is 0 Å². The van der Waals surface area contributed by atoms with Crippen LogP contribution < -0.4 is 0 Å². The van der Waals surface area contributed by atoms with Crippen molar-refractivity contribution in [2.75, 3.05) is 13.2 Å². The molecule has 8 N–H and O–H groups in total. The second-order valence-electron chi connectivity index (χ2n) is 21.2. The Hall–Kier alpha value is -3.14. The maximum Gasteiger partial charge on any atom is 0.307 e. The Kier molecular flexibility index (Phi) is 10.3. The highest BCUT2D eigenvalue weighted by Gasteiger charge is 2.73. The first-order valence-electron chi connectivity index (χ1n) is 22.0. The van der Waals surface area contributed by atoms with E-state index in [-0.39, 0.29) is 73.8 Å². The zero-order chi connectivity index (χ0) is 43.9. The third-order valence-electron chi connectivity index (χ3n) is 19.6. The van der Waals surface area contributed by atoms with E-state index in [1.54, 1.807) is 13.8 Å². The number of carboxylic acid groups (broad SMARTS) is 2. The van der Waals surface area contributed by atoms with Crippen molar-refractivity contribution in [3.05, 3.63) is 23.3 Å². The normalized spacial score (nSPS) is 49.1. The van der Waals surface area contributed by atoms with E-state index in [1.807, 2.05) is 13.8 Å². The van der Waals surface area contributed by atoms with Gasteiger partial charge in [-0.25, -0.2) is 0 Å². The van der Waals surface area contributed by atoms with Gasteiger partial charge in [-0.05, 0) is 135 Å². The summed E-state index contributed by atoms with van der Waals surface area (Å²) in [6.07, 6.45) is 2.60. The van der Waals surface area contributed by atoms with Crippen LogP contribution in [0.25, 0.3) is 0 Å². The van der Waals surface area contributed by atoms with Crippen molar-refractivity contribution in [1.82, 2.24) is 0 Å². The fourth-order valence-corrected chi connectivity index (χ4v) is 16.9. The summed E-state index contributed by atoms with van der Waals surface area (Å²) in [5, 5.41) is 90.7. The van der Waals surface area contributed by atoms with Crippen LogP contribution in [0.5, 0.6) is 0 Å². The molecule has 8 rings (SSSR count). The molecule has 0 heterocycles. The molecule has 8 aliphatic carbocycles. The molecule has 0 aliphatic heterocycles. The second-order valence-corrected chi connectivity index (χ2v) is 21.2. The molecule has 0 aromatic rings. The van der Waals surface area contributed by atoms with Gasteiger partial charge in [0.2, 0.25) is 0 Å². The number of fused-ring (bicyclic) bond motifs is 10. The van der Waals surface area contributed by atoms with Gasteiger partial charge in [0.1, 0.15) is 24.4 Å². The van der Waals surface area contributed by atoms with Gasteiger partial charge in [-0.1, -0.05) is 38.8 Å². The van der Waals surface area contributed by atoms with Gasteiger partial charge < -0.3 is 40.9 Å². The average Bonchev–Trinajstić information content (AvgIpc) is 3.61. The molecule has 6 saturated carbocycles. The molecule has 0 aromatic heterocycles. The lowest BCUT2D eigenvalue weighted by Gasteiger charge is -2.64. The number of carbonyl (C=O) groups is 6. The van der Waals surface area contributed by atoms with E-state index in [0.717, 1.165) is 0 Å². The van der Waals surface area contributed by atoms with Crippen LogP contribution in [0.1, 0.15) is 105 Å². The molecule has 60 heavy (non-hydrogen) atoms. The van der Waals surface area contributed by atoms with Crippen molar-refractivity contribution in [1.29, 1.82) is 0 Å². The topological polar surface area (TPSA) is 264 Å². The summed E-state index contributed by atoms with van der Waals surface area (Å²) >= 11 is 0. The summed E-state index contributed by atoms with van der Waals surface area (Å²) in [6, 6.07) is 0. The van der Waals surface area contributed by atoms with E-state index >= 15 is 0 Å². The number of aliphatic carboxylic acids is 2. The summed E-state index contributed by atoms with van der Waals surface area (Å²) in [6.45, 7) is 5.44. The maximum absolute atomic E-state index is 14.0. The van der Waals surface area contributed by atoms with Gasteiger partial charge in [0.05, 0.1) is 24.0 Å². The number of carbonyl (C=O) groups excluding carboxylic acids is 4. The highest BCUT2D eigenvalue weighted by molar-refractivity contribution is 5.95. The average molecular weight is 839 g/mol. The molecule has 0 spiro atoms. The largest absolute Gasteiger partial charge is 0.481 e. The van der Waals surface area contributed by atoms with Gasteiger partial charge in [-0.15, -0.1) is 0 Å². The van der Waals surface area contributed by atoms with Crippen LogP contribution in [0.3, 0.4) is 0 Å². The molecule has 0 radical (unpaired) electrons. The fourth-order valence-electron chi connectivity index (χ4n) is 16.9. The highest BCUT2D eigenvalue weighted by atomic mass is 16.4. The lowest BCUT2D eigenvalue weighted by atomic mass is 9.40. The summed E-state index contributed by atoms with van der Waals surface area (Å²) < 4.78 is 0. The molecule has 6 fully saturated rings. The third kappa shape index (κ3) is 5.45. The van der Waals surface area contributed by atoms with Crippen LogP contribution in [0.4, 0.5) is 0 Å². The van der Waals surface area contributed by atoms with Crippen molar-refractivity contribution in [2.24, 2.45) is 80.8 Å². The Morgan fingerprint density at radius 3 is 1.30 bits per heavy atom. The van der Waals surface area contributed by atoms with Crippen LogP contribution in [0, 0.1) is 80.8 Å². The quantitative estimate of drug-likeness (QED) is 0.166. The summed E-state index contributed by atoms with van der Waals surface area (Å²) in [7, 11) is 0. The maximum atomic E-state index is 14.0. The lowest BCUT2D eigenvalue weighted by molar-refractivity contribution is -0.199. The Morgan fingerprint density at radius 1 is 0.633 bits per heavy atom. The van der Waals surface area contributed by atoms with Gasteiger partial charge in [0.15, 0.2) is 23.1 Å². The zero-order valence-electron chi connectivity index (χ0n) is 35.0. The van der Waals surface area contributed by atoms with E-state index in [1.165, 1.54) is 12.2 Å². The second kappa shape index (κ2) is 14.2. The SMILES string of the molecule is C[C@]12C[C@H](O)[C@H]3[C@@H](CCC4=CC(=O)CC(C(C(=O)O)C(C(=O)O)C5CC(=O)C=C6CC[C@@H]7[C@H]([C@@H](O)C[C@@]8(C)[C@H]7CC[C@]8(O)C(=O)CO)[C@]65C)[C@@]43C)[C@@H]1CC[C@]2(O)C(=O)CO. The Balaban J connectivity index is 1.22. The predicted octanol–water partition coefficient (Wildman–Crippen LogP) is 2.43. The van der Waals surface area contributed by atoms with Gasteiger partial charge in [-0.3, -0.25) is 28.8 Å². The van der Waals surface area contributed by atoms with E-state index < -0.39 is 117 Å². The van der Waals surface area contributed by atoms with Gasteiger partial charge in [-0.2, -0.15) is 0 Å². The van der Waals surface area contributed by atoms with E-state index in [9.17, 15) is 69.6 Å². The number of aliphatic hydroxyl groups is 6. The number of hydrogen-bond acceptors (Lipinski definition) is 12.